The van der Waals surface area contributed by atoms with Crippen LogP contribution in [0.1, 0.15) is 24.8 Å². The number of rotatable bonds is 4. The van der Waals surface area contributed by atoms with Crippen LogP contribution in [0.2, 0.25) is 5.02 Å². The Hall–Kier alpha value is -1.43. The third kappa shape index (κ3) is 3.26. The van der Waals surface area contributed by atoms with Gasteiger partial charge in [-0.2, -0.15) is 5.10 Å². The SMILES string of the molecule is NCC1CCCCN1Cc1ccc(Cl)cc1-n1cncn1. The normalized spacial score (nSPS) is 19.8. The van der Waals surface area contributed by atoms with Gasteiger partial charge in [0.2, 0.25) is 0 Å². The fourth-order valence-corrected chi connectivity index (χ4v) is 3.14. The Kier molecular flexibility index (Phi) is 4.53. The van der Waals surface area contributed by atoms with Crippen molar-refractivity contribution in [3.8, 4) is 5.69 Å². The Morgan fingerprint density at radius 3 is 3.00 bits per heavy atom. The van der Waals surface area contributed by atoms with Crippen molar-refractivity contribution in [3.63, 3.8) is 0 Å². The van der Waals surface area contributed by atoms with Gasteiger partial charge < -0.3 is 5.73 Å². The highest BCUT2D eigenvalue weighted by Crippen LogP contribution is 2.24. The molecule has 1 aliphatic rings. The summed E-state index contributed by atoms with van der Waals surface area (Å²) in [4.78, 5) is 6.49. The molecule has 6 heteroatoms. The summed E-state index contributed by atoms with van der Waals surface area (Å²) in [5.41, 5.74) is 8.10. The van der Waals surface area contributed by atoms with Gasteiger partial charge in [-0.15, -0.1) is 0 Å². The van der Waals surface area contributed by atoms with E-state index in [0.717, 1.165) is 18.8 Å². The van der Waals surface area contributed by atoms with Crippen LogP contribution < -0.4 is 5.73 Å². The number of hydrogen-bond donors (Lipinski definition) is 1. The van der Waals surface area contributed by atoms with Gasteiger partial charge in [-0.05, 0) is 37.1 Å². The molecule has 21 heavy (non-hydrogen) atoms. The van der Waals surface area contributed by atoms with Gasteiger partial charge in [-0.3, -0.25) is 4.90 Å². The number of piperidine rings is 1. The van der Waals surface area contributed by atoms with Crippen LogP contribution in [0.4, 0.5) is 0 Å². The summed E-state index contributed by atoms with van der Waals surface area (Å²) in [6.45, 7) is 2.68. The molecule has 0 saturated carbocycles. The molecule has 0 aliphatic carbocycles. The monoisotopic (exact) mass is 305 g/mol. The van der Waals surface area contributed by atoms with Crippen LogP contribution in [0.15, 0.2) is 30.9 Å². The van der Waals surface area contributed by atoms with E-state index in [1.54, 1.807) is 11.0 Å². The summed E-state index contributed by atoms with van der Waals surface area (Å²) < 4.78 is 1.77. The lowest BCUT2D eigenvalue weighted by Gasteiger charge is -2.35. The molecule has 5 nitrogen and oxygen atoms in total. The molecule has 1 aromatic carbocycles. The third-order valence-corrected chi connectivity index (χ3v) is 4.34. The van der Waals surface area contributed by atoms with E-state index in [2.05, 4.69) is 21.0 Å². The van der Waals surface area contributed by atoms with Crippen LogP contribution >= 0.6 is 11.6 Å². The first kappa shape index (κ1) is 14.5. The maximum atomic E-state index is 6.14. The molecule has 2 N–H and O–H groups in total. The van der Waals surface area contributed by atoms with Gasteiger partial charge in [0.1, 0.15) is 12.7 Å². The molecule has 1 fully saturated rings. The van der Waals surface area contributed by atoms with E-state index in [-0.39, 0.29) is 0 Å². The van der Waals surface area contributed by atoms with Crippen molar-refractivity contribution in [3.05, 3.63) is 41.4 Å². The van der Waals surface area contributed by atoms with Gasteiger partial charge in [-0.1, -0.05) is 24.1 Å². The van der Waals surface area contributed by atoms with Gasteiger partial charge in [0.15, 0.2) is 0 Å². The number of nitrogens with two attached hydrogens (primary N) is 1. The molecule has 0 bridgehead atoms. The van der Waals surface area contributed by atoms with Gasteiger partial charge in [-0.25, -0.2) is 9.67 Å². The Balaban J connectivity index is 1.88. The van der Waals surface area contributed by atoms with Crippen molar-refractivity contribution in [2.75, 3.05) is 13.1 Å². The summed E-state index contributed by atoms with van der Waals surface area (Å²) in [5.74, 6) is 0. The first-order chi connectivity index (χ1) is 10.3. The molecule has 1 saturated heterocycles. The lowest BCUT2D eigenvalue weighted by Crippen LogP contribution is -2.43. The van der Waals surface area contributed by atoms with Crippen molar-refractivity contribution in [1.29, 1.82) is 0 Å². The van der Waals surface area contributed by atoms with Crippen LogP contribution in [-0.2, 0) is 6.54 Å². The highest BCUT2D eigenvalue weighted by atomic mass is 35.5. The topological polar surface area (TPSA) is 60.0 Å². The molecular weight excluding hydrogens is 286 g/mol. The lowest BCUT2D eigenvalue weighted by molar-refractivity contribution is 0.145. The Morgan fingerprint density at radius 2 is 2.24 bits per heavy atom. The van der Waals surface area contributed by atoms with Gasteiger partial charge in [0, 0.05) is 24.2 Å². The highest BCUT2D eigenvalue weighted by Gasteiger charge is 2.22. The van der Waals surface area contributed by atoms with Gasteiger partial charge in [0.25, 0.3) is 0 Å². The zero-order chi connectivity index (χ0) is 14.7. The van der Waals surface area contributed by atoms with E-state index >= 15 is 0 Å². The minimum absolute atomic E-state index is 0.470. The smallest absolute Gasteiger partial charge is 0.138 e. The van der Waals surface area contributed by atoms with E-state index in [9.17, 15) is 0 Å². The zero-order valence-electron chi connectivity index (χ0n) is 12.0. The molecule has 0 amide bonds. The summed E-state index contributed by atoms with van der Waals surface area (Å²) in [6, 6.07) is 6.41. The lowest BCUT2D eigenvalue weighted by atomic mass is 10.0. The summed E-state index contributed by atoms with van der Waals surface area (Å²) >= 11 is 6.14. The molecule has 3 rings (SSSR count). The van der Waals surface area contributed by atoms with Crippen molar-refractivity contribution in [2.24, 2.45) is 5.73 Å². The first-order valence-corrected chi connectivity index (χ1v) is 7.73. The van der Waals surface area contributed by atoms with Crippen molar-refractivity contribution in [1.82, 2.24) is 19.7 Å². The number of halogens is 1. The number of nitrogens with zero attached hydrogens (tertiary/aromatic N) is 4. The van der Waals surface area contributed by atoms with E-state index in [0.29, 0.717) is 17.6 Å². The second-order valence-electron chi connectivity index (χ2n) is 5.47. The van der Waals surface area contributed by atoms with E-state index < -0.39 is 0 Å². The molecule has 2 aromatic rings. The molecular formula is C15H20ClN5. The molecule has 1 aliphatic heterocycles. The minimum Gasteiger partial charge on any atom is -0.329 e. The summed E-state index contributed by atoms with van der Waals surface area (Å²) in [6.07, 6.45) is 6.93. The third-order valence-electron chi connectivity index (χ3n) is 4.11. The second-order valence-corrected chi connectivity index (χ2v) is 5.91. The van der Waals surface area contributed by atoms with E-state index in [1.807, 2.05) is 12.1 Å². The first-order valence-electron chi connectivity index (χ1n) is 7.35. The van der Waals surface area contributed by atoms with E-state index in [4.69, 9.17) is 17.3 Å². The Bertz CT molecular complexity index is 584. The van der Waals surface area contributed by atoms with Crippen molar-refractivity contribution >= 4 is 11.6 Å². The van der Waals surface area contributed by atoms with Crippen molar-refractivity contribution < 1.29 is 0 Å². The van der Waals surface area contributed by atoms with Crippen LogP contribution in [0.25, 0.3) is 5.69 Å². The van der Waals surface area contributed by atoms with Crippen LogP contribution in [0, 0.1) is 0 Å². The highest BCUT2D eigenvalue weighted by molar-refractivity contribution is 6.30. The molecule has 1 atom stereocenters. The summed E-state index contributed by atoms with van der Waals surface area (Å²) in [5, 5.41) is 4.93. The predicted octanol–water partition coefficient (Wildman–Crippen LogP) is 2.23. The Morgan fingerprint density at radius 1 is 1.33 bits per heavy atom. The average Bonchev–Trinajstić information content (AvgIpc) is 3.04. The van der Waals surface area contributed by atoms with Crippen LogP contribution in [0.5, 0.6) is 0 Å². The predicted molar refractivity (Wildman–Crippen MR) is 83.5 cm³/mol. The quantitative estimate of drug-likeness (QED) is 0.941. The number of hydrogen-bond acceptors (Lipinski definition) is 4. The molecule has 0 spiro atoms. The standard InChI is InChI=1S/C15H20ClN5/c16-13-5-4-12(15(7-13)21-11-18-10-19-21)9-20-6-2-1-3-14(20)8-17/h4-5,7,10-11,14H,1-3,6,8-9,17H2. The van der Waals surface area contributed by atoms with Crippen LogP contribution in [0.3, 0.4) is 0 Å². The maximum Gasteiger partial charge on any atom is 0.138 e. The molecule has 0 radical (unpaired) electrons. The number of benzene rings is 1. The summed E-state index contributed by atoms with van der Waals surface area (Å²) in [7, 11) is 0. The van der Waals surface area contributed by atoms with Gasteiger partial charge in [0.05, 0.1) is 5.69 Å². The van der Waals surface area contributed by atoms with E-state index in [1.165, 1.54) is 31.2 Å². The average molecular weight is 306 g/mol. The second kappa shape index (κ2) is 6.56. The maximum absolute atomic E-state index is 6.14. The fraction of sp³-hybridized carbons (Fsp3) is 0.467. The van der Waals surface area contributed by atoms with Crippen LogP contribution in [-0.4, -0.2) is 38.8 Å². The van der Waals surface area contributed by atoms with Crippen molar-refractivity contribution in [2.45, 2.75) is 31.8 Å². The number of likely N-dealkylation sites (tertiary alicyclic amines) is 1. The number of aromatic nitrogens is 3. The minimum atomic E-state index is 0.470. The Labute approximate surface area is 129 Å². The molecule has 1 unspecified atom stereocenters. The largest absolute Gasteiger partial charge is 0.329 e. The fourth-order valence-electron chi connectivity index (χ4n) is 2.97. The molecule has 1 aromatic heterocycles. The van der Waals surface area contributed by atoms with Gasteiger partial charge >= 0.3 is 0 Å². The zero-order valence-corrected chi connectivity index (χ0v) is 12.7. The molecule has 112 valence electrons. The molecule has 2 heterocycles.